The highest BCUT2D eigenvalue weighted by molar-refractivity contribution is 6.01. The molecule has 2 aliphatic heterocycles. The van der Waals surface area contributed by atoms with E-state index in [0.29, 0.717) is 17.9 Å². The molecular weight excluding hydrogens is 387 g/mol. The van der Waals surface area contributed by atoms with Crippen molar-refractivity contribution >= 4 is 17.5 Å². The van der Waals surface area contributed by atoms with Crippen LogP contribution in [0, 0.1) is 5.41 Å². The zero-order valence-electron chi connectivity index (χ0n) is 15.9. The van der Waals surface area contributed by atoms with E-state index >= 15 is 0 Å². The van der Waals surface area contributed by atoms with E-state index in [1.54, 1.807) is 0 Å². The lowest BCUT2D eigenvalue weighted by Gasteiger charge is -2.42. The molecule has 0 bridgehead atoms. The number of ether oxygens (including phenoxy) is 1. The second kappa shape index (κ2) is 7.19. The van der Waals surface area contributed by atoms with Gasteiger partial charge in [0.1, 0.15) is 17.8 Å². The Balaban J connectivity index is 1.74. The number of halogens is 3. The number of fused-ring (bicyclic) bond motifs is 1. The molecule has 2 fully saturated rings. The number of piperidine rings is 1. The third-order valence-corrected chi connectivity index (χ3v) is 6.32. The van der Waals surface area contributed by atoms with Gasteiger partial charge in [-0.05, 0) is 50.3 Å². The van der Waals surface area contributed by atoms with Crippen molar-refractivity contribution in [3.63, 3.8) is 0 Å². The van der Waals surface area contributed by atoms with Gasteiger partial charge in [0.15, 0.2) is 0 Å². The molecule has 3 aliphatic rings. The van der Waals surface area contributed by atoms with Gasteiger partial charge in [-0.15, -0.1) is 0 Å². The molecule has 29 heavy (non-hydrogen) atoms. The molecule has 1 aromatic carbocycles. The molecule has 0 aromatic heterocycles. The molecule has 6 nitrogen and oxygen atoms in total. The number of carbonyl (C=O) groups excluding carboxylic acids is 2. The topological polar surface area (TPSA) is 84.7 Å². The Labute approximate surface area is 166 Å². The molecule has 1 atom stereocenters. The van der Waals surface area contributed by atoms with Crippen molar-refractivity contribution in [2.75, 3.05) is 18.1 Å². The molecular formula is C20H24F3N3O3. The summed E-state index contributed by atoms with van der Waals surface area (Å²) in [6.07, 6.45) is -0.986. The van der Waals surface area contributed by atoms with E-state index in [0.717, 1.165) is 37.8 Å². The first kappa shape index (κ1) is 20.0. The van der Waals surface area contributed by atoms with Crippen LogP contribution in [0.4, 0.5) is 18.9 Å². The van der Waals surface area contributed by atoms with Crippen LogP contribution in [0.25, 0.3) is 0 Å². The molecule has 1 saturated heterocycles. The molecule has 1 spiro atoms. The molecule has 3 N–H and O–H groups in total. The van der Waals surface area contributed by atoms with Gasteiger partial charge in [0.25, 0.3) is 0 Å². The van der Waals surface area contributed by atoms with E-state index in [2.05, 4.69) is 5.32 Å². The second-order valence-corrected chi connectivity index (χ2v) is 8.32. The third kappa shape index (κ3) is 3.80. The number of anilines is 1. The molecule has 1 aliphatic carbocycles. The fraction of sp³-hybridized carbons (Fsp3) is 0.600. The highest BCUT2D eigenvalue weighted by Gasteiger charge is 2.48. The van der Waals surface area contributed by atoms with Crippen molar-refractivity contribution in [1.82, 2.24) is 5.32 Å². The summed E-state index contributed by atoms with van der Waals surface area (Å²) < 4.78 is 45.9. The normalized spacial score (nSPS) is 30.4. The predicted molar refractivity (Wildman–Crippen MR) is 99.3 cm³/mol. The fourth-order valence-corrected chi connectivity index (χ4v) is 4.53. The minimum absolute atomic E-state index is 0.0210. The number of nitrogens with one attached hydrogen (secondary N) is 1. The van der Waals surface area contributed by atoms with E-state index in [-0.39, 0.29) is 37.6 Å². The van der Waals surface area contributed by atoms with Crippen LogP contribution in [0.1, 0.15) is 44.1 Å². The first-order chi connectivity index (χ1) is 13.7. The maximum absolute atomic E-state index is 13.4. The van der Waals surface area contributed by atoms with Gasteiger partial charge in [-0.3, -0.25) is 14.9 Å². The Morgan fingerprint density at radius 1 is 1.17 bits per heavy atom. The van der Waals surface area contributed by atoms with Crippen molar-refractivity contribution in [2.45, 2.75) is 56.8 Å². The van der Waals surface area contributed by atoms with Crippen LogP contribution in [-0.2, 0) is 15.8 Å². The van der Waals surface area contributed by atoms with Crippen molar-refractivity contribution in [1.29, 1.82) is 0 Å². The van der Waals surface area contributed by atoms with E-state index in [1.165, 1.54) is 6.07 Å². The summed E-state index contributed by atoms with van der Waals surface area (Å²) in [4.78, 5) is 26.3. The molecule has 1 saturated carbocycles. The smallest absolute Gasteiger partial charge is 0.416 e. The number of nitrogens with two attached hydrogens (primary N) is 1. The van der Waals surface area contributed by atoms with Crippen LogP contribution in [0.3, 0.4) is 0 Å². The highest BCUT2D eigenvalue weighted by atomic mass is 19.4. The summed E-state index contributed by atoms with van der Waals surface area (Å²) in [5, 5.41) is 2.38. The first-order valence-corrected chi connectivity index (χ1v) is 9.88. The van der Waals surface area contributed by atoms with Gasteiger partial charge >= 0.3 is 6.18 Å². The number of benzene rings is 1. The lowest BCUT2D eigenvalue weighted by molar-refractivity contribution is -0.143. The fourth-order valence-electron chi connectivity index (χ4n) is 4.53. The van der Waals surface area contributed by atoms with E-state index < -0.39 is 23.1 Å². The highest BCUT2D eigenvalue weighted by Crippen LogP contribution is 2.44. The summed E-state index contributed by atoms with van der Waals surface area (Å²) in [6.45, 7) is 0.230. The minimum Gasteiger partial charge on any atom is -0.490 e. The van der Waals surface area contributed by atoms with Gasteiger partial charge < -0.3 is 15.4 Å². The number of hydrogen-bond acceptors (Lipinski definition) is 5. The number of rotatable bonds is 1. The summed E-state index contributed by atoms with van der Waals surface area (Å²) in [5.41, 5.74) is 4.63. The minimum atomic E-state index is -4.48. The molecule has 1 unspecified atom stereocenters. The molecule has 9 heteroatoms. The van der Waals surface area contributed by atoms with Crippen molar-refractivity contribution in [3.05, 3.63) is 23.8 Å². The monoisotopic (exact) mass is 411 g/mol. The Hall–Kier alpha value is -2.29. The molecule has 1 aromatic rings. The zero-order valence-corrected chi connectivity index (χ0v) is 15.9. The van der Waals surface area contributed by atoms with Gasteiger partial charge in [0, 0.05) is 25.0 Å². The molecule has 2 heterocycles. The van der Waals surface area contributed by atoms with Crippen LogP contribution in [-0.4, -0.2) is 37.0 Å². The first-order valence-electron chi connectivity index (χ1n) is 9.88. The number of carbonyl (C=O) groups is 2. The van der Waals surface area contributed by atoms with Crippen LogP contribution in [0.2, 0.25) is 0 Å². The molecule has 158 valence electrons. The quantitative estimate of drug-likeness (QED) is 0.694. The number of amides is 2. The summed E-state index contributed by atoms with van der Waals surface area (Å²) in [7, 11) is 0. The van der Waals surface area contributed by atoms with Crippen LogP contribution in [0.15, 0.2) is 18.2 Å². The standard InChI is InChI=1S/C20H24F3N3O3/c21-20(22,23)12-1-6-16-15(9-12)26(14-4-2-13(24)3-5-14)10-19(11-29-16)8-7-17(27)25-18(19)28/h1,6,9,13-14H,2-5,7-8,10-11,24H2,(H,25,27,28). The van der Waals surface area contributed by atoms with Crippen molar-refractivity contribution < 1.29 is 27.5 Å². The number of imide groups is 1. The summed E-state index contributed by atoms with van der Waals surface area (Å²) in [5.74, 6) is -0.429. The maximum Gasteiger partial charge on any atom is 0.416 e. The third-order valence-electron chi connectivity index (χ3n) is 6.32. The van der Waals surface area contributed by atoms with Gasteiger partial charge in [-0.25, -0.2) is 0 Å². The largest absolute Gasteiger partial charge is 0.490 e. The lowest BCUT2D eigenvalue weighted by atomic mass is 9.78. The summed E-state index contributed by atoms with van der Waals surface area (Å²) in [6, 6.07) is 3.47. The van der Waals surface area contributed by atoms with Gasteiger partial charge in [-0.1, -0.05) is 0 Å². The van der Waals surface area contributed by atoms with Crippen molar-refractivity contribution in [2.24, 2.45) is 11.1 Å². The average Bonchev–Trinajstić information content (AvgIpc) is 2.83. The zero-order chi connectivity index (χ0) is 20.8. The second-order valence-electron chi connectivity index (χ2n) is 8.32. The van der Waals surface area contributed by atoms with E-state index in [9.17, 15) is 22.8 Å². The Kier molecular flexibility index (Phi) is 4.96. The van der Waals surface area contributed by atoms with Crippen molar-refractivity contribution in [3.8, 4) is 5.75 Å². The SMILES string of the molecule is NC1CCC(N2CC3(CCC(=O)NC3=O)COc3ccc(C(F)(F)F)cc32)CC1. The average molecular weight is 411 g/mol. The Morgan fingerprint density at radius 3 is 2.55 bits per heavy atom. The van der Waals surface area contributed by atoms with Crippen LogP contribution in [0.5, 0.6) is 5.75 Å². The number of hydrogen-bond donors (Lipinski definition) is 2. The predicted octanol–water partition coefficient (Wildman–Crippen LogP) is 2.60. The molecule has 2 amide bonds. The summed E-state index contributed by atoms with van der Waals surface area (Å²) >= 11 is 0. The van der Waals surface area contributed by atoms with Gasteiger partial charge in [0.05, 0.1) is 11.3 Å². The Morgan fingerprint density at radius 2 is 1.90 bits per heavy atom. The maximum atomic E-state index is 13.4. The van der Waals surface area contributed by atoms with Crippen LogP contribution < -0.4 is 20.7 Å². The van der Waals surface area contributed by atoms with E-state index in [4.69, 9.17) is 10.5 Å². The van der Waals surface area contributed by atoms with Gasteiger partial charge in [-0.2, -0.15) is 13.2 Å². The molecule has 0 radical (unpaired) electrons. The van der Waals surface area contributed by atoms with Crippen LogP contribution >= 0.6 is 0 Å². The molecule has 4 rings (SSSR count). The van der Waals surface area contributed by atoms with Gasteiger partial charge in [0.2, 0.25) is 11.8 Å². The Bertz CT molecular complexity index is 821. The number of nitrogens with zero attached hydrogens (tertiary/aromatic N) is 1. The lowest BCUT2D eigenvalue weighted by Crippen LogP contribution is -2.57. The van der Waals surface area contributed by atoms with E-state index in [1.807, 2.05) is 4.90 Å². The number of alkyl halides is 3.